The molecule has 0 atom stereocenters. The van der Waals surface area contributed by atoms with Gasteiger partial charge in [-0.15, -0.1) is 0 Å². The van der Waals surface area contributed by atoms with Crippen molar-refractivity contribution in [2.75, 3.05) is 25.0 Å². The van der Waals surface area contributed by atoms with Gasteiger partial charge < -0.3 is 0 Å². The third-order valence-corrected chi connectivity index (χ3v) is 2.40. The van der Waals surface area contributed by atoms with Crippen molar-refractivity contribution in [1.29, 1.82) is 0 Å². The molecule has 0 aliphatic carbocycles. The summed E-state index contributed by atoms with van der Waals surface area (Å²) in [5.41, 5.74) is 1.52. The molecular weight excluding hydrogens is 178 g/mol. The molecule has 1 nitrogen and oxygen atoms in total. The zero-order valence-electron chi connectivity index (χ0n) is 5.73. The Hall–Kier alpha value is 0.180. The summed E-state index contributed by atoms with van der Waals surface area (Å²) >= 11 is 3.44. The van der Waals surface area contributed by atoms with Crippen molar-refractivity contribution in [3.05, 3.63) is 11.6 Å². The fourth-order valence-electron chi connectivity index (χ4n) is 1.01. The zero-order valence-corrected chi connectivity index (χ0v) is 7.32. The first kappa shape index (κ1) is 7.29. The number of likely N-dealkylation sites (N-methyl/N-ethyl adjacent to an activating group) is 1. The van der Waals surface area contributed by atoms with Gasteiger partial charge in [0.2, 0.25) is 0 Å². The van der Waals surface area contributed by atoms with Crippen LogP contribution in [0, 0.1) is 0 Å². The molecule has 1 aliphatic heterocycles. The van der Waals surface area contributed by atoms with E-state index in [-0.39, 0.29) is 0 Å². The molecule has 0 fully saturated rings. The number of halogens is 1. The predicted octanol–water partition coefficient (Wildman–Crippen LogP) is 1.64. The van der Waals surface area contributed by atoms with Crippen LogP contribution in [0.4, 0.5) is 0 Å². The maximum Gasteiger partial charge on any atom is 0.0255 e. The molecule has 0 amide bonds. The molecule has 0 bridgehead atoms. The lowest BCUT2D eigenvalue weighted by atomic mass is 10.3. The van der Waals surface area contributed by atoms with Crippen molar-refractivity contribution in [3.63, 3.8) is 0 Å². The third kappa shape index (κ3) is 1.80. The normalized spacial score (nSPS) is 20.4. The summed E-state index contributed by atoms with van der Waals surface area (Å²) in [5, 5.41) is 1.05. The molecule has 1 aliphatic rings. The Morgan fingerprint density at radius 3 is 2.89 bits per heavy atom. The number of nitrogens with zero attached hydrogens (tertiary/aromatic N) is 1. The first-order valence-electron chi connectivity index (χ1n) is 3.33. The second-order valence-electron chi connectivity index (χ2n) is 2.32. The number of rotatable bonds is 2. The van der Waals surface area contributed by atoms with Crippen LogP contribution in [0.2, 0.25) is 0 Å². The minimum Gasteiger partial charge on any atom is -0.296 e. The van der Waals surface area contributed by atoms with E-state index >= 15 is 0 Å². The van der Waals surface area contributed by atoms with E-state index in [4.69, 9.17) is 0 Å². The first-order valence-corrected chi connectivity index (χ1v) is 4.45. The summed E-state index contributed by atoms with van der Waals surface area (Å²) in [6.07, 6.45) is 2.30. The Bertz CT molecular complexity index is 120. The largest absolute Gasteiger partial charge is 0.296 e. The van der Waals surface area contributed by atoms with Crippen LogP contribution in [-0.4, -0.2) is 29.9 Å². The van der Waals surface area contributed by atoms with E-state index < -0.39 is 0 Å². The molecule has 0 unspecified atom stereocenters. The van der Waals surface area contributed by atoms with Crippen LogP contribution < -0.4 is 0 Å². The van der Waals surface area contributed by atoms with Crippen molar-refractivity contribution in [2.45, 2.75) is 6.92 Å². The molecule has 52 valence electrons. The van der Waals surface area contributed by atoms with E-state index in [2.05, 4.69) is 33.8 Å². The summed E-state index contributed by atoms with van der Waals surface area (Å²) in [6, 6.07) is 0. The minimum atomic E-state index is 1.05. The molecule has 0 aromatic rings. The predicted molar refractivity (Wildman–Crippen MR) is 44.0 cm³/mol. The Balaban J connectivity index is 2.31. The van der Waals surface area contributed by atoms with Gasteiger partial charge in [-0.25, -0.2) is 0 Å². The van der Waals surface area contributed by atoms with E-state index in [9.17, 15) is 0 Å². The molecule has 1 heterocycles. The lowest BCUT2D eigenvalue weighted by molar-refractivity contribution is 0.369. The molecule has 0 saturated heterocycles. The van der Waals surface area contributed by atoms with Gasteiger partial charge in [-0.05, 0) is 12.1 Å². The molecule has 9 heavy (non-hydrogen) atoms. The molecular formula is C7H12BrN. The molecule has 2 heteroatoms. The van der Waals surface area contributed by atoms with Crippen molar-refractivity contribution in [1.82, 2.24) is 4.90 Å². The highest BCUT2D eigenvalue weighted by Crippen LogP contribution is 2.09. The summed E-state index contributed by atoms with van der Waals surface area (Å²) in [4.78, 5) is 2.41. The Morgan fingerprint density at radius 1 is 1.78 bits per heavy atom. The minimum absolute atomic E-state index is 1.05. The summed E-state index contributed by atoms with van der Waals surface area (Å²) in [5.74, 6) is 0. The number of alkyl halides is 1. The van der Waals surface area contributed by atoms with Gasteiger partial charge in [0.15, 0.2) is 0 Å². The van der Waals surface area contributed by atoms with Crippen LogP contribution in [0.5, 0.6) is 0 Å². The Labute approximate surface area is 64.9 Å². The van der Waals surface area contributed by atoms with E-state index in [0.29, 0.717) is 0 Å². The summed E-state index contributed by atoms with van der Waals surface area (Å²) in [7, 11) is 0. The summed E-state index contributed by atoms with van der Waals surface area (Å²) < 4.78 is 0. The quantitative estimate of drug-likeness (QED) is 0.472. The summed E-state index contributed by atoms with van der Waals surface area (Å²) in [6.45, 7) is 5.69. The van der Waals surface area contributed by atoms with Crippen molar-refractivity contribution in [3.8, 4) is 0 Å². The first-order chi connectivity index (χ1) is 4.36. The Kier molecular flexibility index (Phi) is 2.73. The highest BCUT2D eigenvalue weighted by atomic mass is 79.9. The van der Waals surface area contributed by atoms with Gasteiger partial charge in [0.25, 0.3) is 0 Å². The fraction of sp³-hybridized carbons (Fsp3) is 0.714. The average molecular weight is 190 g/mol. The van der Waals surface area contributed by atoms with Crippen molar-refractivity contribution >= 4 is 15.9 Å². The van der Waals surface area contributed by atoms with Crippen LogP contribution in [-0.2, 0) is 0 Å². The average Bonchev–Trinajstić information content (AvgIpc) is 2.34. The molecule has 0 aromatic heterocycles. The number of hydrogen-bond donors (Lipinski definition) is 0. The third-order valence-electron chi connectivity index (χ3n) is 1.68. The van der Waals surface area contributed by atoms with Crippen LogP contribution in [0.25, 0.3) is 0 Å². The van der Waals surface area contributed by atoms with E-state index in [0.717, 1.165) is 11.9 Å². The van der Waals surface area contributed by atoms with Gasteiger partial charge in [0.05, 0.1) is 0 Å². The maximum atomic E-state index is 3.44. The van der Waals surface area contributed by atoms with Gasteiger partial charge in [-0.1, -0.05) is 28.9 Å². The molecule has 0 saturated carbocycles. The molecule has 0 spiro atoms. The van der Waals surface area contributed by atoms with Crippen molar-refractivity contribution < 1.29 is 0 Å². The second kappa shape index (κ2) is 3.37. The van der Waals surface area contributed by atoms with Gasteiger partial charge >= 0.3 is 0 Å². The van der Waals surface area contributed by atoms with Gasteiger partial charge in [-0.2, -0.15) is 0 Å². The van der Waals surface area contributed by atoms with Crippen LogP contribution in [0.3, 0.4) is 0 Å². The maximum absolute atomic E-state index is 3.44. The van der Waals surface area contributed by atoms with E-state index in [1.807, 2.05) is 0 Å². The molecule has 0 aromatic carbocycles. The highest BCUT2D eigenvalue weighted by molar-refractivity contribution is 9.09. The molecule has 0 N–H and O–H groups in total. The lowest BCUT2D eigenvalue weighted by Crippen LogP contribution is -2.19. The smallest absolute Gasteiger partial charge is 0.0255 e. The second-order valence-corrected chi connectivity index (χ2v) is 2.88. The number of hydrogen-bond acceptors (Lipinski definition) is 1. The molecule has 0 radical (unpaired) electrons. The monoisotopic (exact) mass is 189 g/mol. The zero-order chi connectivity index (χ0) is 6.69. The van der Waals surface area contributed by atoms with Crippen LogP contribution in [0.15, 0.2) is 11.6 Å². The van der Waals surface area contributed by atoms with E-state index in [1.54, 1.807) is 0 Å². The fourth-order valence-corrected chi connectivity index (χ4v) is 1.42. The van der Waals surface area contributed by atoms with E-state index in [1.165, 1.54) is 18.7 Å². The standard InChI is InChI=1S/C7H12BrN/c1-2-9-4-3-7(5-8)6-9/h3H,2,4-6H2,1H3. The van der Waals surface area contributed by atoms with Crippen LogP contribution >= 0.6 is 15.9 Å². The van der Waals surface area contributed by atoms with Crippen LogP contribution in [0.1, 0.15) is 6.92 Å². The SMILES string of the molecule is CCN1CC=C(CBr)C1. The topological polar surface area (TPSA) is 3.24 Å². The van der Waals surface area contributed by atoms with Crippen molar-refractivity contribution in [2.24, 2.45) is 0 Å². The highest BCUT2D eigenvalue weighted by Gasteiger charge is 2.09. The van der Waals surface area contributed by atoms with Gasteiger partial charge in [0, 0.05) is 18.4 Å². The van der Waals surface area contributed by atoms with Gasteiger partial charge in [-0.3, -0.25) is 4.90 Å². The van der Waals surface area contributed by atoms with Gasteiger partial charge in [0.1, 0.15) is 0 Å². The molecule has 1 rings (SSSR count). The Morgan fingerprint density at radius 2 is 2.56 bits per heavy atom. The lowest BCUT2D eigenvalue weighted by Gasteiger charge is -2.10.